The topological polar surface area (TPSA) is 174 Å². The fourth-order valence-electron chi connectivity index (χ4n) is 3.34. The number of esters is 1. The van der Waals surface area contributed by atoms with Crippen LogP contribution in [0.2, 0.25) is 0 Å². The molecule has 12 heteroatoms. The van der Waals surface area contributed by atoms with Gasteiger partial charge in [0.25, 0.3) is 17.7 Å². The number of methoxy groups -OCH3 is 1. The predicted octanol–water partition coefficient (Wildman–Crippen LogP) is 1.80. The van der Waals surface area contributed by atoms with E-state index >= 15 is 0 Å². The highest BCUT2D eigenvalue weighted by Crippen LogP contribution is 2.23. The van der Waals surface area contributed by atoms with Gasteiger partial charge >= 0.3 is 5.97 Å². The number of hydrogen-bond acceptors (Lipinski definition) is 9. The second-order valence-electron chi connectivity index (χ2n) is 7.97. The SMILES string of the molecule is COC(=O)C(CNC(=O)c1cc(O)cc(O)c1)NC(=O)c1sc(C(=O)NCc2cccc(O)c2)cc1C. The molecule has 0 fully saturated rings. The third-order valence-corrected chi connectivity index (χ3v) is 6.37. The van der Waals surface area contributed by atoms with Gasteiger partial charge in [0, 0.05) is 24.7 Å². The molecule has 0 saturated carbocycles. The molecule has 0 saturated heterocycles. The first kappa shape index (κ1) is 27.0. The van der Waals surface area contributed by atoms with E-state index in [4.69, 9.17) is 4.74 Å². The molecule has 1 unspecified atom stereocenters. The lowest BCUT2D eigenvalue weighted by Crippen LogP contribution is -2.48. The molecule has 37 heavy (non-hydrogen) atoms. The van der Waals surface area contributed by atoms with Crippen LogP contribution in [0.1, 0.15) is 40.8 Å². The number of hydrogen-bond donors (Lipinski definition) is 6. The molecule has 194 valence electrons. The Balaban J connectivity index is 1.65. The van der Waals surface area contributed by atoms with Crippen molar-refractivity contribution in [2.45, 2.75) is 19.5 Å². The minimum Gasteiger partial charge on any atom is -0.508 e. The molecule has 0 bridgehead atoms. The minimum absolute atomic E-state index is 0.0529. The number of ether oxygens (including phenoxy) is 1. The summed E-state index contributed by atoms with van der Waals surface area (Å²) in [5.41, 5.74) is 1.15. The summed E-state index contributed by atoms with van der Waals surface area (Å²) in [6.07, 6.45) is 0. The number of carbonyl (C=O) groups excluding carboxylic acids is 4. The van der Waals surface area contributed by atoms with Crippen molar-refractivity contribution in [2.24, 2.45) is 0 Å². The summed E-state index contributed by atoms with van der Waals surface area (Å²) < 4.78 is 4.72. The standard InChI is InChI=1S/C25H25N3O8S/c1-13-6-20(23(33)26-11-14-4-3-5-16(29)7-14)37-21(13)24(34)28-19(25(35)36-2)12-27-22(32)15-8-17(30)10-18(31)9-15/h3-10,19,29-31H,11-12H2,1-2H3,(H,26,33)(H,27,32)(H,28,34). The summed E-state index contributed by atoms with van der Waals surface area (Å²) >= 11 is 0.931. The number of benzene rings is 2. The van der Waals surface area contributed by atoms with Crippen LogP contribution in [0.25, 0.3) is 0 Å². The van der Waals surface area contributed by atoms with Gasteiger partial charge in [-0.05, 0) is 48.4 Å². The van der Waals surface area contributed by atoms with E-state index < -0.39 is 29.7 Å². The maximum absolute atomic E-state index is 12.9. The molecule has 0 aliphatic heterocycles. The highest BCUT2D eigenvalue weighted by molar-refractivity contribution is 7.16. The fourth-order valence-corrected chi connectivity index (χ4v) is 4.33. The van der Waals surface area contributed by atoms with E-state index in [1.165, 1.54) is 12.1 Å². The van der Waals surface area contributed by atoms with E-state index in [1.54, 1.807) is 25.1 Å². The van der Waals surface area contributed by atoms with Gasteiger partial charge in [-0.15, -0.1) is 11.3 Å². The number of thiophene rings is 1. The van der Waals surface area contributed by atoms with Gasteiger partial charge in [-0.25, -0.2) is 4.79 Å². The zero-order valence-corrected chi connectivity index (χ0v) is 20.7. The van der Waals surface area contributed by atoms with Gasteiger partial charge in [0.1, 0.15) is 23.3 Å². The lowest BCUT2D eigenvalue weighted by molar-refractivity contribution is -0.142. The lowest BCUT2D eigenvalue weighted by atomic mass is 10.1. The quantitative estimate of drug-likeness (QED) is 0.228. The molecule has 0 radical (unpaired) electrons. The molecular weight excluding hydrogens is 502 g/mol. The number of aryl methyl sites for hydroxylation is 1. The first-order chi connectivity index (χ1) is 17.6. The Morgan fingerprint density at radius 3 is 2.24 bits per heavy atom. The Bertz CT molecular complexity index is 1320. The summed E-state index contributed by atoms with van der Waals surface area (Å²) in [4.78, 5) is 50.6. The summed E-state index contributed by atoms with van der Waals surface area (Å²) in [5, 5.41) is 36.3. The zero-order chi connectivity index (χ0) is 27.1. The van der Waals surface area contributed by atoms with Crippen molar-refractivity contribution >= 4 is 35.0 Å². The number of aromatic hydroxyl groups is 3. The van der Waals surface area contributed by atoms with Crippen LogP contribution in [0.4, 0.5) is 0 Å². The Kier molecular flexibility index (Phi) is 8.69. The fraction of sp³-hybridized carbons (Fsp3) is 0.200. The second kappa shape index (κ2) is 11.9. The maximum Gasteiger partial charge on any atom is 0.330 e. The number of rotatable bonds is 9. The van der Waals surface area contributed by atoms with Gasteiger partial charge in [-0.2, -0.15) is 0 Å². The Morgan fingerprint density at radius 2 is 1.59 bits per heavy atom. The molecule has 1 atom stereocenters. The number of nitrogens with one attached hydrogen (secondary N) is 3. The third-order valence-electron chi connectivity index (χ3n) is 5.13. The van der Waals surface area contributed by atoms with Crippen LogP contribution in [0.15, 0.2) is 48.5 Å². The molecule has 1 heterocycles. The Hall–Kier alpha value is -4.58. The van der Waals surface area contributed by atoms with Crippen molar-refractivity contribution in [3.63, 3.8) is 0 Å². The molecule has 0 spiro atoms. The molecule has 11 nitrogen and oxygen atoms in total. The zero-order valence-electron chi connectivity index (χ0n) is 19.9. The minimum atomic E-state index is -1.25. The van der Waals surface area contributed by atoms with Gasteiger partial charge in [-0.3, -0.25) is 14.4 Å². The lowest BCUT2D eigenvalue weighted by Gasteiger charge is -2.17. The maximum atomic E-state index is 12.9. The average molecular weight is 528 g/mol. The van der Waals surface area contributed by atoms with E-state index in [0.29, 0.717) is 11.1 Å². The molecule has 6 N–H and O–H groups in total. The Labute approximate surface area is 215 Å². The monoisotopic (exact) mass is 527 g/mol. The van der Waals surface area contributed by atoms with Crippen LogP contribution < -0.4 is 16.0 Å². The number of carbonyl (C=O) groups is 4. The number of amides is 3. The molecular formula is C25H25N3O8S. The first-order valence-corrected chi connectivity index (χ1v) is 11.8. The van der Waals surface area contributed by atoms with Crippen molar-refractivity contribution in [2.75, 3.05) is 13.7 Å². The molecule has 1 aromatic heterocycles. The van der Waals surface area contributed by atoms with Crippen LogP contribution in [-0.4, -0.2) is 58.7 Å². The van der Waals surface area contributed by atoms with E-state index in [1.807, 2.05) is 0 Å². The van der Waals surface area contributed by atoms with Gasteiger partial charge in [0.2, 0.25) is 0 Å². The van der Waals surface area contributed by atoms with E-state index in [-0.39, 0.29) is 45.7 Å². The van der Waals surface area contributed by atoms with Crippen LogP contribution in [0, 0.1) is 6.92 Å². The molecule has 3 aromatic rings. The van der Waals surface area contributed by atoms with Crippen molar-refractivity contribution in [3.8, 4) is 17.2 Å². The van der Waals surface area contributed by atoms with Gasteiger partial charge in [0.15, 0.2) is 0 Å². The van der Waals surface area contributed by atoms with Gasteiger partial charge < -0.3 is 36.0 Å². The smallest absolute Gasteiger partial charge is 0.330 e. The van der Waals surface area contributed by atoms with E-state index in [2.05, 4.69) is 16.0 Å². The largest absolute Gasteiger partial charge is 0.508 e. The number of phenols is 3. The Morgan fingerprint density at radius 1 is 0.892 bits per heavy atom. The molecule has 3 rings (SSSR count). The average Bonchev–Trinajstić information content (AvgIpc) is 3.25. The highest BCUT2D eigenvalue weighted by Gasteiger charge is 2.26. The van der Waals surface area contributed by atoms with Gasteiger partial charge in [-0.1, -0.05) is 12.1 Å². The summed E-state index contributed by atoms with van der Waals surface area (Å²) in [6, 6.07) is 10.0. The summed E-state index contributed by atoms with van der Waals surface area (Å²) in [7, 11) is 1.13. The van der Waals surface area contributed by atoms with Crippen LogP contribution in [0.3, 0.4) is 0 Å². The van der Waals surface area contributed by atoms with Crippen LogP contribution >= 0.6 is 11.3 Å². The second-order valence-corrected chi connectivity index (χ2v) is 9.02. The normalized spacial score (nSPS) is 11.3. The van der Waals surface area contributed by atoms with Crippen molar-refractivity contribution < 1.29 is 39.2 Å². The van der Waals surface area contributed by atoms with Gasteiger partial charge in [0.05, 0.1) is 16.9 Å². The van der Waals surface area contributed by atoms with Crippen LogP contribution in [0.5, 0.6) is 17.2 Å². The highest BCUT2D eigenvalue weighted by atomic mass is 32.1. The third kappa shape index (κ3) is 7.21. The molecule has 2 aromatic carbocycles. The van der Waals surface area contributed by atoms with Crippen molar-refractivity contribution in [3.05, 3.63) is 75.0 Å². The summed E-state index contributed by atoms with van der Waals surface area (Å²) in [6.45, 7) is 1.48. The first-order valence-electron chi connectivity index (χ1n) is 10.9. The van der Waals surface area contributed by atoms with Crippen molar-refractivity contribution in [1.29, 1.82) is 0 Å². The molecule has 0 aliphatic carbocycles. The summed E-state index contributed by atoms with van der Waals surface area (Å²) in [5.74, 6) is -3.14. The molecule has 3 amide bonds. The number of phenolic OH excluding ortho intramolecular Hbond substituents is 3. The predicted molar refractivity (Wildman–Crippen MR) is 134 cm³/mol. The van der Waals surface area contributed by atoms with Crippen LogP contribution in [-0.2, 0) is 16.1 Å². The van der Waals surface area contributed by atoms with Crippen molar-refractivity contribution in [1.82, 2.24) is 16.0 Å². The van der Waals surface area contributed by atoms with E-state index in [0.717, 1.165) is 36.6 Å². The van der Waals surface area contributed by atoms with E-state index in [9.17, 15) is 34.5 Å². The molecule has 0 aliphatic rings.